The number of esters is 2. The van der Waals surface area contributed by atoms with Crippen LogP contribution in [0.1, 0.15) is 26.3 Å². The van der Waals surface area contributed by atoms with Crippen LogP contribution < -0.4 is 5.32 Å². The average molecular weight is 407 g/mol. The summed E-state index contributed by atoms with van der Waals surface area (Å²) in [7, 11) is 4.31. The Morgan fingerprint density at radius 2 is 1.46 bits per heavy atom. The molecule has 0 aliphatic heterocycles. The number of ether oxygens (including phenoxy) is 2. The maximum atomic E-state index is 12.3. The number of hydrogen-bond donors (Lipinski definition) is 1. The number of anilines is 1. The Morgan fingerprint density at radius 1 is 0.929 bits per heavy atom. The zero-order valence-electron chi connectivity index (χ0n) is 15.9. The van der Waals surface area contributed by atoms with E-state index in [1.807, 2.05) is 42.3 Å². The number of nitrogens with one attached hydrogen (secondary N) is 1. The molecule has 2 aromatic carbocycles. The minimum absolute atomic E-state index is 0. The predicted octanol–water partition coefficient (Wildman–Crippen LogP) is 2.75. The van der Waals surface area contributed by atoms with Crippen LogP contribution in [0, 0.1) is 0 Å². The molecule has 28 heavy (non-hydrogen) atoms. The molecule has 0 bridgehead atoms. The second-order valence-corrected chi connectivity index (χ2v) is 5.99. The molecule has 0 radical (unpaired) electrons. The van der Waals surface area contributed by atoms with Gasteiger partial charge in [-0.05, 0) is 30.8 Å². The number of rotatable bonds is 7. The van der Waals surface area contributed by atoms with Crippen molar-refractivity contribution in [3.63, 3.8) is 0 Å². The van der Waals surface area contributed by atoms with Gasteiger partial charge in [-0.1, -0.05) is 30.3 Å². The maximum Gasteiger partial charge on any atom is 0.337 e. The molecule has 8 heteroatoms. The summed E-state index contributed by atoms with van der Waals surface area (Å²) < 4.78 is 9.37. The third-order valence-corrected chi connectivity index (χ3v) is 3.77. The molecule has 1 N–H and O–H groups in total. The lowest BCUT2D eigenvalue weighted by Crippen LogP contribution is -2.30. The maximum absolute atomic E-state index is 12.3. The minimum Gasteiger partial charge on any atom is -0.465 e. The zero-order chi connectivity index (χ0) is 19.8. The third-order valence-electron chi connectivity index (χ3n) is 3.77. The molecular weight excluding hydrogens is 384 g/mol. The van der Waals surface area contributed by atoms with Crippen LogP contribution >= 0.6 is 12.4 Å². The molecule has 0 aliphatic carbocycles. The van der Waals surface area contributed by atoms with Crippen molar-refractivity contribution in [2.45, 2.75) is 6.54 Å². The van der Waals surface area contributed by atoms with E-state index in [0.29, 0.717) is 12.2 Å². The molecule has 0 aromatic heterocycles. The Labute approximate surface area is 170 Å². The van der Waals surface area contributed by atoms with E-state index in [-0.39, 0.29) is 36.0 Å². The molecule has 1 amide bonds. The fourth-order valence-corrected chi connectivity index (χ4v) is 2.57. The lowest BCUT2D eigenvalue weighted by atomic mass is 10.1. The van der Waals surface area contributed by atoms with Crippen molar-refractivity contribution in [1.29, 1.82) is 0 Å². The van der Waals surface area contributed by atoms with Gasteiger partial charge in [0, 0.05) is 12.2 Å². The molecular formula is C20H23ClN2O5. The summed E-state index contributed by atoms with van der Waals surface area (Å²) in [6.45, 7) is 0.759. The van der Waals surface area contributed by atoms with E-state index >= 15 is 0 Å². The highest BCUT2D eigenvalue weighted by molar-refractivity contribution is 5.99. The van der Waals surface area contributed by atoms with Gasteiger partial charge in [0.25, 0.3) is 0 Å². The highest BCUT2D eigenvalue weighted by Gasteiger charge is 2.15. The quantitative estimate of drug-likeness (QED) is 0.712. The van der Waals surface area contributed by atoms with Crippen molar-refractivity contribution in [3.8, 4) is 0 Å². The number of methoxy groups -OCH3 is 2. The number of amides is 1. The molecule has 0 heterocycles. The molecule has 0 saturated carbocycles. The minimum atomic E-state index is -0.613. The summed E-state index contributed by atoms with van der Waals surface area (Å²) in [4.78, 5) is 37.8. The van der Waals surface area contributed by atoms with Gasteiger partial charge in [-0.3, -0.25) is 9.69 Å². The van der Waals surface area contributed by atoms with Crippen LogP contribution in [-0.2, 0) is 20.8 Å². The van der Waals surface area contributed by atoms with Crippen LogP contribution in [0.3, 0.4) is 0 Å². The van der Waals surface area contributed by atoms with E-state index in [1.54, 1.807) is 0 Å². The largest absolute Gasteiger partial charge is 0.465 e. The van der Waals surface area contributed by atoms with Gasteiger partial charge in [-0.2, -0.15) is 0 Å². The number of carbonyl (C=O) groups is 3. The van der Waals surface area contributed by atoms with Crippen molar-refractivity contribution < 1.29 is 23.9 Å². The Hall–Kier alpha value is -2.90. The summed E-state index contributed by atoms with van der Waals surface area (Å²) in [5, 5.41) is 2.70. The monoisotopic (exact) mass is 406 g/mol. The molecule has 0 saturated heterocycles. The number of likely N-dealkylation sites (N-methyl/N-ethyl adjacent to an activating group) is 1. The van der Waals surface area contributed by atoms with Crippen LogP contribution in [0.2, 0.25) is 0 Å². The van der Waals surface area contributed by atoms with Crippen LogP contribution in [0.25, 0.3) is 0 Å². The van der Waals surface area contributed by atoms with E-state index in [2.05, 4.69) is 14.8 Å². The number of nitrogens with zero attached hydrogens (tertiary/aromatic N) is 1. The summed E-state index contributed by atoms with van der Waals surface area (Å²) in [6.07, 6.45) is 0. The van der Waals surface area contributed by atoms with Gasteiger partial charge in [0.05, 0.1) is 31.9 Å². The topological polar surface area (TPSA) is 84.9 Å². The molecule has 7 nitrogen and oxygen atoms in total. The molecule has 0 aliphatic rings. The van der Waals surface area contributed by atoms with E-state index in [4.69, 9.17) is 0 Å². The van der Waals surface area contributed by atoms with Crippen LogP contribution in [0.5, 0.6) is 0 Å². The number of carbonyl (C=O) groups excluding carboxylic acids is 3. The highest BCUT2D eigenvalue weighted by Crippen LogP contribution is 2.17. The first-order valence-electron chi connectivity index (χ1n) is 8.27. The lowest BCUT2D eigenvalue weighted by Gasteiger charge is -2.17. The highest BCUT2D eigenvalue weighted by atomic mass is 35.5. The first-order chi connectivity index (χ1) is 12.9. The molecule has 0 fully saturated rings. The first kappa shape index (κ1) is 23.1. The van der Waals surface area contributed by atoms with Gasteiger partial charge >= 0.3 is 11.9 Å². The van der Waals surface area contributed by atoms with Crippen molar-refractivity contribution in [2.75, 3.05) is 33.1 Å². The van der Waals surface area contributed by atoms with Gasteiger partial charge in [0.1, 0.15) is 0 Å². The number of benzene rings is 2. The van der Waals surface area contributed by atoms with E-state index in [1.165, 1.54) is 32.4 Å². The summed E-state index contributed by atoms with van der Waals surface area (Å²) in [5.74, 6) is -1.50. The number of halogens is 1. The normalized spacial score (nSPS) is 10.0. The van der Waals surface area contributed by atoms with Gasteiger partial charge < -0.3 is 14.8 Å². The van der Waals surface area contributed by atoms with E-state index in [0.717, 1.165) is 5.56 Å². The molecule has 150 valence electrons. The SMILES string of the molecule is COC(=O)c1cc(NC(=O)CN(C)Cc2ccccc2)cc(C(=O)OC)c1.Cl. The number of hydrogen-bond acceptors (Lipinski definition) is 6. The standard InChI is InChI=1S/C20H22N2O5.ClH/c1-22(12-14-7-5-4-6-8-14)13-18(23)21-17-10-15(19(24)26-2)9-16(11-17)20(25)27-3;/h4-11H,12-13H2,1-3H3,(H,21,23);1H. The third kappa shape index (κ3) is 6.68. The van der Waals surface area contributed by atoms with Crippen LogP contribution in [-0.4, -0.2) is 50.6 Å². The fourth-order valence-electron chi connectivity index (χ4n) is 2.57. The molecule has 0 atom stereocenters. The first-order valence-corrected chi connectivity index (χ1v) is 8.27. The van der Waals surface area contributed by atoms with Gasteiger partial charge in [-0.25, -0.2) is 9.59 Å². The van der Waals surface area contributed by atoms with Crippen molar-refractivity contribution in [1.82, 2.24) is 4.90 Å². The molecule has 0 unspecified atom stereocenters. The van der Waals surface area contributed by atoms with Gasteiger partial charge in [0.15, 0.2) is 0 Å². The smallest absolute Gasteiger partial charge is 0.337 e. The Kier molecular flexibility index (Phi) is 9.14. The Balaban J connectivity index is 0.00000392. The molecule has 2 aromatic rings. The van der Waals surface area contributed by atoms with Crippen LogP contribution in [0.15, 0.2) is 48.5 Å². The van der Waals surface area contributed by atoms with Crippen molar-refractivity contribution >= 4 is 35.9 Å². The zero-order valence-corrected chi connectivity index (χ0v) is 16.7. The summed E-state index contributed by atoms with van der Waals surface area (Å²) in [5.41, 5.74) is 1.70. The van der Waals surface area contributed by atoms with E-state index in [9.17, 15) is 14.4 Å². The fraction of sp³-hybridized carbons (Fsp3) is 0.250. The van der Waals surface area contributed by atoms with Crippen LogP contribution in [0.4, 0.5) is 5.69 Å². The Morgan fingerprint density at radius 3 is 1.96 bits per heavy atom. The van der Waals surface area contributed by atoms with Crippen molar-refractivity contribution in [2.24, 2.45) is 0 Å². The second kappa shape index (κ2) is 11.1. The predicted molar refractivity (Wildman–Crippen MR) is 108 cm³/mol. The Bertz CT molecular complexity index is 792. The summed E-state index contributed by atoms with van der Waals surface area (Å²) >= 11 is 0. The molecule has 0 spiro atoms. The van der Waals surface area contributed by atoms with E-state index < -0.39 is 11.9 Å². The van der Waals surface area contributed by atoms with Gasteiger partial charge in [0.2, 0.25) is 5.91 Å². The second-order valence-electron chi connectivity index (χ2n) is 5.99. The van der Waals surface area contributed by atoms with Crippen molar-refractivity contribution in [3.05, 3.63) is 65.2 Å². The lowest BCUT2D eigenvalue weighted by molar-refractivity contribution is -0.117. The van der Waals surface area contributed by atoms with Gasteiger partial charge in [-0.15, -0.1) is 12.4 Å². The summed E-state index contributed by atoms with van der Waals surface area (Å²) in [6, 6.07) is 14.0. The molecule has 2 rings (SSSR count). The average Bonchev–Trinajstić information content (AvgIpc) is 2.66.